The summed E-state index contributed by atoms with van der Waals surface area (Å²) in [6.07, 6.45) is -0.674. The predicted molar refractivity (Wildman–Crippen MR) is 159 cm³/mol. The van der Waals surface area contributed by atoms with E-state index in [0.717, 1.165) is 0 Å². The maximum Gasteiger partial charge on any atom is 0.321 e. The maximum absolute atomic E-state index is 13.7. The van der Waals surface area contributed by atoms with Gasteiger partial charge in [0.05, 0.1) is 42.4 Å². The molecular weight excluding hydrogens is 578 g/mol. The van der Waals surface area contributed by atoms with E-state index in [-0.39, 0.29) is 47.5 Å². The molecule has 2 heterocycles. The Morgan fingerprint density at radius 1 is 1.23 bits per heavy atom. The van der Waals surface area contributed by atoms with Gasteiger partial charge in [0.15, 0.2) is 11.5 Å². The summed E-state index contributed by atoms with van der Waals surface area (Å²) in [6, 6.07) is 9.50. The summed E-state index contributed by atoms with van der Waals surface area (Å²) in [5, 5.41) is 16.6. The maximum atomic E-state index is 13.7. The fourth-order valence-electron chi connectivity index (χ4n) is 4.72. The number of carbonyl (C=O) groups excluding carboxylic acids is 2. The van der Waals surface area contributed by atoms with Gasteiger partial charge in [0, 0.05) is 19.5 Å². The molecule has 43 heavy (non-hydrogen) atoms. The second kappa shape index (κ2) is 12.9. The fraction of sp³-hybridized carbons (Fsp3) is 0.414. The lowest BCUT2D eigenvalue weighted by molar-refractivity contribution is 0.0373. The number of fused-ring (bicyclic) bond motifs is 1. The first-order chi connectivity index (χ1) is 20.4. The minimum Gasteiger partial charge on any atom is -0.497 e. The molecule has 2 aromatic carbocycles. The van der Waals surface area contributed by atoms with E-state index in [4.69, 9.17) is 14.0 Å². The number of sulfonamides is 1. The first-order valence-corrected chi connectivity index (χ1v) is 15.2. The molecule has 3 N–H and O–H groups in total. The third kappa shape index (κ3) is 6.86. The second-order valence-corrected chi connectivity index (χ2v) is 12.3. The monoisotopic (exact) mass is 615 g/mol. The molecule has 0 bridgehead atoms. The minimum absolute atomic E-state index is 0.0146. The zero-order chi connectivity index (χ0) is 31.5. The van der Waals surface area contributed by atoms with Crippen molar-refractivity contribution in [3.05, 3.63) is 59.5 Å². The number of urea groups is 1. The summed E-state index contributed by atoms with van der Waals surface area (Å²) in [5.41, 5.74) is 1.18. The van der Waals surface area contributed by atoms with Gasteiger partial charge in [-0.3, -0.25) is 9.52 Å². The highest BCUT2D eigenvalue weighted by Crippen LogP contribution is 2.36. The summed E-state index contributed by atoms with van der Waals surface area (Å²) in [4.78, 5) is 29.8. The van der Waals surface area contributed by atoms with Gasteiger partial charge < -0.3 is 34.2 Å². The number of aromatic nitrogens is 1. The van der Waals surface area contributed by atoms with Crippen molar-refractivity contribution in [3.63, 3.8) is 0 Å². The fourth-order valence-corrected chi connectivity index (χ4v) is 5.78. The first kappa shape index (κ1) is 31.6. The molecule has 0 radical (unpaired) electrons. The molecule has 0 unspecified atom stereocenters. The van der Waals surface area contributed by atoms with Crippen LogP contribution in [0.3, 0.4) is 0 Å². The number of rotatable bonds is 9. The number of aliphatic hydroxyl groups is 1. The van der Waals surface area contributed by atoms with E-state index in [1.807, 2.05) is 6.92 Å². The number of hydrogen-bond acceptors (Lipinski definition) is 9. The Hall–Kier alpha value is -4.30. The molecule has 3 aromatic rings. The first-order valence-electron chi connectivity index (χ1n) is 13.7. The van der Waals surface area contributed by atoms with Gasteiger partial charge in [0.2, 0.25) is 0 Å². The Labute approximate surface area is 250 Å². The zero-order valence-electron chi connectivity index (χ0n) is 24.9. The van der Waals surface area contributed by atoms with Crippen molar-refractivity contribution in [1.82, 2.24) is 15.0 Å². The summed E-state index contributed by atoms with van der Waals surface area (Å²) < 4.78 is 45.9. The zero-order valence-corrected chi connectivity index (χ0v) is 25.8. The van der Waals surface area contributed by atoms with E-state index in [1.165, 1.54) is 47.2 Å². The number of anilines is 2. The third-order valence-corrected chi connectivity index (χ3v) is 8.75. The summed E-state index contributed by atoms with van der Waals surface area (Å²) in [5.74, 6) is 0.235. The molecule has 1 aromatic heterocycles. The van der Waals surface area contributed by atoms with Crippen LogP contribution in [0.15, 0.2) is 51.9 Å². The van der Waals surface area contributed by atoms with Crippen molar-refractivity contribution >= 4 is 33.3 Å². The van der Waals surface area contributed by atoms with Gasteiger partial charge in [-0.1, -0.05) is 18.1 Å². The molecule has 0 aliphatic carbocycles. The van der Waals surface area contributed by atoms with Crippen LogP contribution < -0.4 is 19.5 Å². The number of likely N-dealkylation sites (N-methyl/N-ethyl adjacent to an activating group) is 1. The molecular formula is C29H37N5O8S. The van der Waals surface area contributed by atoms with Crippen molar-refractivity contribution < 1.29 is 37.1 Å². The molecule has 0 fully saturated rings. The number of para-hydroxylation sites is 1. The van der Waals surface area contributed by atoms with Crippen molar-refractivity contribution in [2.24, 2.45) is 5.92 Å². The lowest BCUT2D eigenvalue weighted by Gasteiger charge is -2.38. The molecule has 0 saturated carbocycles. The Kier molecular flexibility index (Phi) is 9.50. The van der Waals surface area contributed by atoms with Crippen LogP contribution in [-0.2, 0) is 10.0 Å². The van der Waals surface area contributed by atoms with Gasteiger partial charge in [-0.2, -0.15) is 0 Å². The van der Waals surface area contributed by atoms with Crippen LogP contribution in [-0.4, -0.2) is 86.4 Å². The standard InChI is InChI=1S/C29H37N5O8S/c1-17-14-34(18(2)16-35)28(36)23-8-7-9-24(32-43(38,39)22-12-10-21(40-6)11-13-22)27(23)41-25(17)15-33(5)29(37)30-26-19(3)31-42-20(26)4/h7-13,17-18,25,32,35H,14-16H2,1-6H3,(H,30,37)/t17-,18+,25+/m0/s1. The Morgan fingerprint density at radius 2 is 1.93 bits per heavy atom. The highest BCUT2D eigenvalue weighted by Gasteiger charge is 2.35. The highest BCUT2D eigenvalue weighted by atomic mass is 32.2. The summed E-state index contributed by atoms with van der Waals surface area (Å²) in [6.45, 7) is 7.03. The molecule has 14 heteroatoms. The van der Waals surface area contributed by atoms with Crippen LogP contribution in [0.2, 0.25) is 0 Å². The molecule has 232 valence electrons. The number of carbonyl (C=O) groups is 2. The number of aliphatic hydroxyl groups excluding tert-OH is 1. The average Bonchev–Trinajstić information content (AvgIpc) is 3.30. The lowest BCUT2D eigenvalue weighted by Crippen LogP contribution is -2.50. The molecule has 4 rings (SSSR count). The van der Waals surface area contributed by atoms with E-state index in [9.17, 15) is 23.1 Å². The minimum atomic E-state index is -4.09. The number of nitrogens with one attached hydrogen (secondary N) is 2. The molecule has 13 nitrogen and oxygen atoms in total. The summed E-state index contributed by atoms with van der Waals surface area (Å²) in [7, 11) is -1.01. The van der Waals surface area contributed by atoms with Crippen LogP contribution in [0.5, 0.6) is 11.5 Å². The van der Waals surface area contributed by atoms with Gasteiger partial charge in [-0.05, 0) is 57.2 Å². The number of methoxy groups -OCH3 is 1. The van der Waals surface area contributed by atoms with Gasteiger partial charge in [0.25, 0.3) is 15.9 Å². The number of ether oxygens (including phenoxy) is 2. The van der Waals surface area contributed by atoms with Gasteiger partial charge >= 0.3 is 6.03 Å². The molecule has 3 amide bonds. The number of hydrogen-bond donors (Lipinski definition) is 3. The summed E-state index contributed by atoms with van der Waals surface area (Å²) >= 11 is 0. The van der Waals surface area contributed by atoms with Crippen molar-refractivity contribution in [2.75, 3.05) is 43.9 Å². The Balaban J connectivity index is 1.69. The van der Waals surface area contributed by atoms with Crippen LogP contribution >= 0.6 is 0 Å². The van der Waals surface area contributed by atoms with Crippen molar-refractivity contribution in [3.8, 4) is 11.5 Å². The SMILES string of the molecule is COc1ccc(S(=O)(=O)Nc2cccc3c2O[C@H](CN(C)C(=O)Nc2c(C)noc2C)[C@@H](C)CN([C@H](C)CO)C3=O)cc1. The number of benzene rings is 2. The molecule has 3 atom stereocenters. The molecule has 0 saturated heterocycles. The number of amides is 3. The normalized spacial score (nSPS) is 17.7. The van der Waals surface area contributed by atoms with Crippen molar-refractivity contribution in [1.29, 1.82) is 0 Å². The van der Waals surface area contributed by atoms with Crippen molar-refractivity contribution in [2.45, 2.75) is 44.7 Å². The Bertz CT molecular complexity index is 1550. The number of nitrogens with zero attached hydrogens (tertiary/aromatic N) is 3. The van der Waals surface area contributed by atoms with E-state index in [1.54, 1.807) is 40.0 Å². The van der Waals surface area contributed by atoms with Crippen LogP contribution in [0.25, 0.3) is 0 Å². The van der Waals surface area contributed by atoms with Gasteiger partial charge in [0.1, 0.15) is 23.2 Å². The largest absolute Gasteiger partial charge is 0.497 e. The predicted octanol–water partition coefficient (Wildman–Crippen LogP) is 3.48. The Morgan fingerprint density at radius 3 is 2.53 bits per heavy atom. The quantitative estimate of drug-likeness (QED) is 0.327. The highest BCUT2D eigenvalue weighted by molar-refractivity contribution is 7.92. The third-order valence-electron chi connectivity index (χ3n) is 7.37. The van der Waals surface area contributed by atoms with Crippen LogP contribution in [0.4, 0.5) is 16.2 Å². The second-order valence-electron chi connectivity index (χ2n) is 10.6. The van der Waals surface area contributed by atoms with E-state index in [2.05, 4.69) is 15.2 Å². The van der Waals surface area contributed by atoms with Crippen LogP contribution in [0.1, 0.15) is 35.7 Å². The molecule has 1 aliphatic heterocycles. The average molecular weight is 616 g/mol. The van der Waals surface area contributed by atoms with Gasteiger partial charge in [-0.25, -0.2) is 13.2 Å². The smallest absolute Gasteiger partial charge is 0.321 e. The molecule has 1 aliphatic rings. The lowest BCUT2D eigenvalue weighted by atomic mass is 9.99. The number of aryl methyl sites for hydroxylation is 2. The van der Waals surface area contributed by atoms with Crippen LogP contribution in [0, 0.1) is 19.8 Å². The van der Waals surface area contributed by atoms with E-state index in [0.29, 0.717) is 22.9 Å². The topological polar surface area (TPSA) is 164 Å². The van der Waals surface area contributed by atoms with E-state index >= 15 is 0 Å². The molecule has 0 spiro atoms. The van der Waals surface area contributed by atoms with E-state index < -0.39 is 34.1 Å². The van der Waals surface area contributed by atoms with Gasteiger partial charge in [-0.15, -0.1) is 0 Å².